The van der Waals surface area contributed by atoms with Gasteiger partial charge in [0.15, 0.2) is 0 Å². The number of benzene rings is 1. The summed E-state index contributed by atoms with van der Waals surface area (Å²) in [6.07, 6.45) is -7.02. The van der Waals surface area contributed by atoms with E-state index in [1.807, 2.05) is 12.1 Å². The predicted octanol–water partition coefficient (Wildman–Crippen LogP) is 4.04. The SMILES string of the molecule is COc1ccc(CN2CCC(NS(C)(=O)=O)C3(CCN(Cc4cccs4)C3)C2)cc1.O=C(O)C(F)(F)F.O=C(O)C(F)(F)F. The molecule has 10 nitrogen and oxygen atoms in total. The number of nitrogens with one attached hydrogen (secondary N) is 1. The average Bonchev–Trinajstić information content (AvgIpc) is 3.56. The van der Waals surface area contributed by atoms with Crippen molar-refractivity contribution >= 4 is 33.3 Å². The molecule has 2 saturated heterocycles. The van der Waals surface area contributed by atoms with Crippen molar-refractivity contribution in [1.29, 1.82) is 0 Å². The first kappa shape index (κ1) is 37.3. The van der Waals surface area contributed by atoms with Crippen molar-refractivity contribution in [3.63, 3.8) is 0 Å². The number of nitrogens with zero attached hydrogens (tertiary/aromatic N) is 2. The zero-order chi connectivity index (χ0) is 33.3. The Bertz CT molecular complexity index is 1300. The Morgan fingerprint density at radius 2 is 1.50 bits per heavy atom. The molecule has 4 rings (SSSR count). The molecule has 3 heterocycles. The Labute approximate surface area is 254 Å². The molecule has 44 heavy (non-hydrogen) atoms. The standard InChI is InChI=1S/C22H31N3O3S2.2C2HF3O2/c1-28-19-7-5-18(6-8-19)14-24-11-9-21(23-30(2,26)27)22(16-24)10-12-25(17-22)15-20-4-3-13-29-20;2*3-2(4,5)1(6)7/h3-8,13,21,23H,9-12,14-17H2,1-2H3;2*(H,6,7). The van der Waals surface area contributed by atoms with Gasteiger partial charge in [0.1, 0.15) is 5.75 Å². The van der Waals surface area contributed by atoms with Crippen molar-refractivity contribution in [2.75, 3.05) is 39.5 Å². The second-order valence-electron chi connectivity index (χ2n) is 10.3. The lowest BCUT2D eigenvalue weighted by atomic mass is 9.75. The fourth-order valence-corrected chi connectivity index (χ4v) is 6.61. The van der Waals surface area contributed by atoms with Crippen LogP contribution in [0, 0.1) is 5.41 Å². The number of aliphatic carboxylic acids is 2. The van der Waals surface area contributed by atoms with E-state index in [0.29, 0.717) is 0 Å². The monoisotopic (exact) mass is 677 g/mol. The van der Waals surface area contributed by atoms with E-state index in [4.69, 9.17) is 24.5 Å². The first-order valence-electron chi connectivity index (χ1n) is 12.9. The Morgan fingerprint density at radius 1 is 0.977 bits per heavy atom. The summed E-state index contributed by atoms with van der Waals surface area (Å²) in [5, 5.41) is 16.4. The number of carboxylic acids is 2. The normalized spacial score (nSPS) is 21.1. The third kappa shape index (κ3) is 12.2. The Kier molecular flexibility index (Phi) is 13.0. The van der Waals surface area contributed by atoms with Crippen LogP contribution in [0.3, 0.4) is 0 Å². The van der Waals surface area contributed by atoms with E-state index >= 15 is 0 Å². The molecule has 2 aliphatic rings. The summed E-state index contributed by atoms with van der Waals surface area (Å²) in [6.45, 7) is 5.57. The third-order valence-electron chi connectivity index (χ3n) is 6.84. The molecular weight excluding hydrogens is 644 g/mol. The summed E-state index contributed by atoms with van der Waals surface area (Å²) in [5.41, 5.74) is 1.21. The van der Waals surface area contributed by atoms with Gasteiger partial charge < -0.3 is 14.9 Å². The fraction of sp³-hybridized carbons (Fsp3) is 0.538. The van der Waals surface area contributed by atoms with Crippen LogP contribution in [0.25, 0.3) is 0 Å². The number of piperidine rings is 1. The number of methoxy groups -OCH3 is 1. The first-order chi connectivity index (χ1) is 20.2. The van der Waals surface area contributed by atoms with E-state index in [1.165, 1.54) is 16.7 Å². The molecule has 0 saturated carbocycles. The molecule has 1 spiro atoms. The van der Waals surface area contributed by atoms with Crippen LogP contribution in [0.5, 0.6) is 5.75 Å². The van der Waals surface area contributed by atoms with Gasteiger partial charge in [0.25, 0.3) is 0 Å². The fourth-order valence-electron chi connectivity index (χ4n) is 4.97. The van der Waals surface area contributed by atoms with Gasteiger partial charge >= 0.3 is 24.3 Å². The number of carbonyl (C=O) groups is 2. The molecule has 0 bridgehead atoms. The first-order valence-corrected chi connectivity index (χ1v) is 15.7. The zero-order valence-electron chi connectivity index (χ0n) is 23.7. The number of alkyl halides is 6. The number of hydrogen-bond acceptors (Lipinski definition) is 8. The molecule has 3 N–H and O–H groups in total. The van der Waals surface area contributed by atoms with E-state index in [1.54, 1.807) is 18.4 Å². The molecule has 1 aromatic heterocycles. The van der Waals surface area contributed by atoms with Gasteiger partial charge in [0.2, 0.25) is 10.0 Å². The average molecular weight is 678 g/mol. The molecule has 18 heteroatoms. The molecule has 0 amide bonds. The largest absolute Gasteiger partial charge is 0.497 e. The van der Waals surface area contributed by atoms with Crippen LogP contribution in [-0.4, -0.2) is 98.3 Å². The molecule has 2 unspecified atom stereocenters. The van der Waals surface area contributed by atoms with Crippen molar-refractivity contribution < 1.29 is 59.3 Å². The maximum Gasteiger partial charge on any atom is 0.490 e. The Balaban J connectivity index is 0.000000402. The minimum atomic E-state index is -5.08. The van der Waals surface area contributed by atoms with Crippen molar-refractivity contribution in [3.8, 4) is 5.75 Å². The van der Waals surface area contributed by atoms with Crippen LogP contribution < -0.4 is 9.46 Å². The van der Waals surface area contributed by atoms with Crippen LogP contribution in [0.1, 0.15) is 23.3 Å². The number of rotatable bonds is 7. The summed E-state index contributed by atoms with van der Waals surface area (Å²) in [6, 6.07) is 12.5. The summed E-state index contributed by atoms with van der Waals surface area (Å²) in [5.74, 6) is -4.65. The molecule has 0 radical (unpaired) electrons. The van der Waals surface area contributed by atoms with Crippen molar-refractivity contribution in [3.05, 3.63) is 52.2 Å². The van der Waals surface area contributed by atoms with Crippen LogP contribution >= 0.6 is 11.3 Å². The van der Waals surface area contributed by atoms with Crippen molar-refractivity contribution in [1.82, 2.24) is 14.5 Å². The van der Waals surface area contributed by atoms with Gasteiger partial charge in [0, 0.05) is 49.1 Å². The number of hydrogen-bond donors (Lipinski definition) is 3. The molecule has 2 fully saturated rings. The second-order valence-corrected chi connectivity index (χ2v) is 13.1. The number of thiophene rings is 1. The molecule has 248 valence electrons. The topological polar surface area (TPSA) is 136 Å². The maximum atomic E-state index is 12.1. The third-order valence-corrected chi connectivity index (χ3v) is 8.42. The molecule has 0 aliphatic carbocycles. The van der Waals surface area contributed by atoms with Crippen molar-refractivity contribution in [2.45, 2.75) is 44.3 Å². The Hall–Kier alpha value is -2.93. The molecule has 2 aliphatic heterocycles. The molecule has 2 atom stereocenters. The van der Waals surface area contributed by atoms with Crippen LogP contribution in [0.15, 0.2) is 41.8 Å². The van der Waals surface area contributed by atoms with Crippen LogP contribution in [0.4, 0.5) is 26.3 Å². The van der Waals surface area contributed by atoms with E-state index in [0.717, 1.165) is 57.9 Å². The Morgan fingerprint density at radius 3 is 1.93 bits per heavy atom. The van der Waals surface area contributed by atoms with E-state index in [9.17, 15) is 34.8 Å². The van der Waals surface area contributed by atoms with E-state index in [-0.39, 0.29) is 11.5 Å². The van der Waals surface area contributed by atoms with Gasteiger partial charge in [-0.05, 0) is 48.5 Å². The van der Waals surface area contributed by atoms with Crippen LogP contribution in [0.2, 0.25) is 0 Å². The number of ether oxygens (including phenoxy) is 1. The highest BCUT2D eigenvalue weighted by Crippen LogP contribution is 2.40. The van der Waals surface area contributed by atoms with Gasteiger partial charge in [-0.3, -0.25) is 9.80 Å². The maximum absolute atomic E-state index is 12.1. The van der Waals surface area contributed by atoms with Gasteiger partial charge in [-0.2, -0.15) is 26.3 Å². The highest BCUT2D eigenvalue weighted by molar-refractivity contribution is 7.88. The van der Waals surface area contributed by atoms with Crippen molar-refractivity contribution in [2.24, 2.45) is 5.41 Å². The quantitative estimate of drug-likeness (QED) is 0.371. The lowest BCUT2D eigenvalue weighted by molar-refractivity contribution is -0.193. The smallest absolute Gasteiger partial charge is 0.490 e. The summed E-state index contributed by atoms with van der Waals surface area (Å²) in [7, 11) is -1.56. The summed E-state index contributed by atoms with van der Waals surface area (Å²) < 4.78 is 95.8. The molecule has 1 aromatic carbocycles. The lowest BCUT2D eigenvalue weighted by Gasteiger charge is -2.46. The minimum Gasteiger partial charge on any atom is -0.497 e. The zero-order valence-corrected chi connectivity index (χ0v) is 25.3. The molecular formula is C26H33F6N3O7S2. The highest BCUT2D eigenvalue weighted by atomic mass is 32.2. The summed E-state index contributed by atoms with van der Waals surface area (Å²) >= 11 is 1.79. The van der Waals surface area contributed by atoms with E-state index in [2.05, 4.69) is 44.2 Å². The number of likely N-dealkylation sites (tertiary alicyclic amines) is 2. The lowest BCUT2D eigenvalue weighted by Crippen LogP contribution is -2.58. The minimum absolute atomic E-state index is 0.00652. The summed E-state index contributed by atoms with van der Waals surface area (Å²) in [4.78, 5) is 24.1. The van der Waals surface area contributed by atoms with Crippen LogP contribution in [-0.2, 0) is 32.7 Å². The van der Waals surface area contributed by atoms with Gasteiger partial charge in [-0.25, -0.2) is 22.7 Å². The predicted molar refractivity (Wildman–Crippen MR) is 149 cm³/mol. The van der Waals surface area contributed by atoms with Gasteiger partial charge in [-0.15, -0.1) is 11.3 Å². The number of halogens is 6. The van der Waals surface area contributed by atoms with Gasteiger partial charge in [-0.1, -0.05) is 18.2 Å². The number of sulfonamides is 1. The second kappa shape index (κ2) is 15.4. The molecule has 2 aromatic rings. The van der Waals surface area contributed by atoms with Gasteiger partial charge in [0.05, 0.1) is 13.4 Å². The number of carboxylic acid groups (broad SMARTS) is 2. The highest BCUT2D eigenvalue weighted by Gasteiger charge is 2.48. The van der Waals surface area contributed by atoms with E-state index < -0.39 is 34.3 Å².